The predicted molar refractivity (Wildman–Crippen MR) is 30.9 cm³/mol. The van der Waals surface area contributed by atoms with Crippen LogP contribution in [0.3, 0.4) is 0 Å². The molecule has 1 heteroatoms. The molecule has 0 aromatic carbocycles. The minimum absolute atomic E-state index is 0.306. The van der Waals surface area contributed by atoms with Gasteiger partial charge in [0.1, 0.15) is 0 Å². The maximum atomic E-state index is 8.26. The fraction of sp³-hybridized carbons (Fsp3) is 0.833. The van der Waals surface area contributed by atoms with Crippen molar-refractivity contribution in [3.63, 3.8) is 0 Å². The van der Waals surface area contributed by atoms with E-state index in [1.54, 1.807) is 0 Å². The fourth-order valence-electron chi connectivity index (χ4n) is 0.440. The van der Waals surface area contributed by atoms with E-state index in [-0.39, 0.29) is 0 Å². The Kier molecular flexibility index (Phi) is 5.93. The van der Waals surface area contributed by atoms with Gasteiger partial charge < -0.3 is 5.11 Å². The standard InChI is InChI=1S/C6H13O/c1-2-3-4-5-6-7/h4,7H,2-3,5-6H2,1H3. The zero-order chi connectivity index (χ0) is 5.54. The molecule has 0 amide bonds. The largest absolute Gasteiger partial charge is 0.396 e. The Bertz CT molecular complexity index is 23.4. The number of aliphatic hydroxyl groups is 1. The first kappa shape index (κ1) is 6.96. The molecule has 43 valence electrons. The van der Waals surface area contributed by atoms with Crippen molar-refractivity contribution in [3.8, 4) is 0 Å². The van der Waals surface area contributed by atoms with Crippen LogP contribution in [0.4, 0.5) is 0 Å². The molecule has 0 atom stereocenters. The van der Waals surface area contributed by atoms with Crippen LogP contribution < -0.4 is 0 Å². The SMILES string of the molecule is CCC[CH]CCO. The van der Waals surface area contributed by atoms with Crippen molar-refractivity contribution in [1.29, 1.82) is 0 Å². The van der Waals surface area contributed by atoms with Gasteiger partial charge in [0.25, 0.3) is 0 Å². The molecule has 0 aliphatic carbocycles. The molecule has 0 spiro atoms. The molecule has 1 nitrogen and oxygen atoms in total. The Morgan fingerprint density at radius 2 is 2.14 bits per heavy atom. The number of hydrogen-bond acceptors (Lipinski definition) is 1. The van der Waals surface area contributed by atoms with Crippen molar-refractivity contribution >= 4 is 0 Å². The summed E-state index contributed by atoms with van der Waals surface area (Å²) < 4.78 is 0. The molecule has 0 aromatic rings. The predicted octanol–water partition coefficient (Wildman–Crippen LogP) is 1.37. The quantitative estimate of drug-likeness (QED) is 0.530. The van der Waals surface area contributed by atoms with Gasteiger partial charge in [-0.05, 0) is 12.8 Å². The zero-order valence-electron chi connectivity index (χ0n) is 4.85. The third-order valence-electron chi connectivity index (χ3n) is 0.826. The average Bonchev–Trinajstić information content (AvgIpc) is 1.69. The summed E-state index contributed by atoms with van der Waals surface area (Å²) in [6.07, 6.45) is 5.30. The first-order chi connectivity index (χ1) is 3.41. The molecule has 0 aliphatic heterocycles. The molecule has 0 bridgehead atoms. The van der Waals surface area contributed by atoms with E-state index in [9.17, 15) is 0 Å². The smallest absolute Gasteiger partial charge is 0.0433 e. The zero-order valence-corrected chi connectivity index (χ0v) is 4.85. The van der Waals surface area contributed by atoms with Gasteiger partial charge in [-0.15, -0.1) is 0 Å². The second kappa shape index (κ2) is 5.96. The lowest BCUT2D eigenvalue weighted by atomic mass is 10.2. The number of hydrogen-bond donors (Lipinski definition) is 1. The van der Waals surface area contributed by atoms with Crippen molar-refractivity contribution in [2.24, 2.45) is 0 Å². The molecular weight excluding hydrogens is 88.1 g/mol. The molecule has 0 unspecified atom stereocenters. The van der Waals surface area contributed by atoms with Crippen molar-refractivity contribution in [2.75, 3.05) is 6.61 Å². The van der Waals surface area contributed by atoms with Gasteiger partial charge in [0, 0.05) is 6.61 Å². The molecule has 1 radical (unpaired) electrons. The molecule has 0 rings (SSSR count). The first-order valence-corrected chi connectivity index (χ1v) is 2.84. The highest BCUT2D eigenvalue weighted by Crippen LogP contribution is 1.94. The van der Waals surface area contributed by atoms with Gasteiger partial charge in [0.05, 0.1) is 0 Å². The summed E-state index contributed by atoms with van der Waals surface area (Å²) in [4.78, 5) is 0. The lowest BCUT2D eigenvalue weighted by molar-refractivity contribution is 0.296. The molecule has 0 aromatic heterocycles. The van der Waals surface area contributed by atoms with Crippen LogP contribution in [0, 0.1) is 6.42 Å². The normalized spacial score (nSPS) is 9.43. The molecule has 0 saturated carbocycles. The Labute approximate surface area is 45.4 Å². The van der Waals surface area contributed by atoms with Crippen molar-refractivity contribution in [2.45, 2.75) is 26.2 Å². The van der Waals surface area contributed by atoms with Crippen LogP contribution in [-0.2, 0) is 0 Å². The summed E-state index contributed by atoms with van der Waals surface area (Å²) >= 11 is 0. The van der Waals surface area contributed by atoms with E-state index in [4.69, 9.17) is 5.11 Å². The summed E-state index contributed by atoms with van der Waals surface area (Å²) in [5.74, 6) is 0. The van der Waals surface area contributed by atoms with Gasteiger partial charge in [-0.25, -0.2) is 0 Å². The van der Waals surface area contributed by atoms with Crippen molar-refractivity contribution in [1.82, 2.24) is 0 Å². The van der Waals surface area contributed by atoms with Gasteiger partial charge in [-0.3, -0.25) is 0 Å². The van der Waals surface area contributed by atoms with Crippen LogP contribution >= 0.6 is 0 Å². The second-order valence-electron chi connectivity index (χ2n) is 1.59. The van der Waals surface area contributed by atoms with Crippen LogP contribution in [0.5, 0.6) is 0 Å². The maximum Gasteiger partial charge on any atom is 0.0433 e. The first-order valence-electron chi connectivity index (χ1n) is 2.84. The highest BCUT2D eigenvalue weighted by Gasteiger charge is 1.81. The number of rotatable bonds is 4. The van der Waals surface area contributed by atoms with E-state index >= 15 is 0 Å². The van der Waals surface area contributed by atoms with E-state index in [1.165, 1.54) is 6.42 Å². The summed E-state index contributed by atoms with van der Waals surface area (Å²) in [5.41, 5.74) is 0. The second-order valence-corrected chi connectivity index (χ2v) is 1.59. The number of aliphatic hydroxyl groups excluding tert-OH is 1. The third kappa shape index (κ3) is 5.96. The maximum absolute atomic E-state index is 8.26. The molecule has 7 heavy (non-hydrogen) atoms. The molecular formula is C6H13O. The van der Waals surface area contributed by atoms with Gasteiger partial charge in [0.15, 0.2) is 0 Å². The van der Waals surface area contributed by atoms with E-state index < -0.39 is 0 Å². The van der Waals surface area contributed by atoms with E-state index in [0.29, 0.717) is 6.61 Å². The van der Waals surface area contributed by atoms with Crippen molar-refractivity contribution in [3.05, 3.63) is 6.42 Å². The summed E-state index contributed by atoms with van der Waals surface area (Å²) in [7, 11) is 0. The Morgan fingerprint density at radius 1 is 1.43 bits per heavy atom. The molecule has 1 N–H and O–H groups in total. The molecule has 0 heterocycles. The molecule has 0 saturated heterocycles. The lowest BCUT2D eigenvalue weighted by Gasteiger charge is -1.89. The minimum Gasteiger partial charge on any atom is -0.396 e. The van der Waals surface area contributed by atoms with Crippen LogP contribution in [-0.4, -0.2) is 11.7 Å². The minimum atomic E-state index is 0.306. The van der Waals surface area contributed by atoms with Crippen molar-refractivity contribution < 1.29 is 5.11 Å². The van der Waals surface area contributed by atoms with Gasteiger partial charge in [-0.1, -0.05) is 19.8 Å². The van der Waals surface area contributed by atoms with E-state index in [2.05, 4.69) is 13.3 Å². The monoisotopic (exact) mass is 101 g/mol. The Hall–Kier alpha value is -0.0400. The van der Waals surface area contributed by atoms with E-state index in [1.807, 2.05) is 0 Å². The third-order valence-corrected chi connectivity index (χ3v) is 0.826. The van der Waals surface area contributed by atoms with Crippen LogP contribution in [0.15, 0.2) is 0 Å². The fourth-order valence-corrected chi connectivity index (χ4v) is 0.440. The van der Waals surface area contributed by atoms with Gasteiger partial charge in [-0.2, -0.15) is 0 Å². The topological polar surface area (TPSA) is 20.2 Å². The highest BCUT2D eigenvalue weighted by atomic mass is 16.2. The van der Waals surface area contributed by atoms with Crippen LogP contribution in [0.2, 0.25) is 0 Å². The summed E-state index contributed by atoms with van der Waals surface area (Å²) in [6, 6.07) is 0. The van der Waals surface area contributed by atoms with Crippen LogP contribution in [0.25, 0.3) is 0 Å². The highest BCUT2D eigenvalue weighted by molar-refractivity contribution is 4.60. The molecule has 0 fully saturated rings. The summed E-state index contributed by atoms with van der Waals surface area (Å²) in [6.45, 7) is 2.44. The summed E-state index contributed by atoms with van der Waals surface area (Å²) in [5, 5.41) is 8.26. The van der Waals surface area contributed by atoms with Gasteiger partial charge in [0.2, 0.25) is 0 Å². The molecule has 0 aliphatic rings. The van der Waals surface area contributed by atoms with E-state index in [0.717, 1.165) is 12.8 Å². The van der Waals surface area contributed by atoms with Crippen LogP contribution in [0.1, 0.15) is 26.2 Å². The number of unbranched alkanes of at least 4 members (excludes halogenated alkanes) is 3. The lowest BCUT2D eigenvalue weighted by Crippen LogP contribution is -1.81. The average molecular weight is 101 g/mol. The Balaban J connectivity index is 2.45. The Morgan fingerprint density at radius 3 is 2.57 bits per heavy atom. The van der Waals surface area contributed by atoms with Gasteiger partial charge >= 0.3 is 0 Å².